The SMILES string of the molecule is COc1nc(CNC(=O)c2c(F)cccc2Cl)nc(N2CCCC2)n1. The van der Waals surface area contributed by atoms with Crippen LogP contribution in [0.15, 0.2) is 18.2 Å². The van der Waals surface area contributed by atoms with E-state index < -0.39 is 11.7 Å². The van der Waals surface area contributed by atoms with Gasteiger partial charge in [-0.3, -0.25) is 4.79 Å². The largest absolute Gasteiger partial charge is 0.467 e. The van der Waals surface area contributed by atoms with Gasteiger partial charge in [-0.15, -0.1) is 0 Å². The number of nitrogens with one attached hydrogen (secondary N) is 1. The van der Waals surface area contributed by atoms with Gasteiger partial charge in [0.15, 0.2) is 5.82 Å². The van der Waals surface area contributed by atoms with Crippen LogP contribution in [0.3, 0.4) is 0 Å². The lowest BCUT2D eigenvalue weighted by Gasteiger charge is -2.16. The normalized spacial score (nSPS) is 13.8. The summed E-state index contributed by atoms with van der Waals surface area (Å²) in [5.41, 5.74) is -0.204. The summed E-state index contributed by atoms with van der Waals surface area (Å²) in [6, 6.07) is 4.24. The second kappa shape index (κ2) is 7.60. The van der Waals surface area contributed by atoms with Crippen molar-refractivity contribution in [3.05, 3.63) is 40.4 Å². The molecule has 0 atom stereocenters. The molecule has 3 rings (SSSR count). The maximum absolute atomic E-state index is 13.8. The zero-order valence-corrected chi connectivity index (χ0v) is 14.4. The topological polar surface area (TPSA) is 80.2 Å². The summed E-state index contributed by atoms with van der Waals surface area (Å²) in [7, 11) is 1.46. The highest BCUT2D eigenvalue weighted by Gasteiger charge is 2.19. The fourth-order valence-corrected chi connectivity index (χ4v) is 2.83. The van der Waals surface area contributed by atoms with Crippen molar-refractivity contribution in [3.63, 3.8) is 0 Å². The number of nitrogens with zero attached hydrogens (tertiary/aromatic N) is 4. The van der Waals surface area contributed by atoms with E-state index in [4.69, 9.17) is 16.3 Å². The lowest BCUT2D eigenvalue weighted by Crippen LogP contribution is -2.27. The lowest BCUT2D eigenvalue weighted by molar-refractivity contribution is 0.0946. The zero-order chi connectivity index (χ0) is 17.8. The van der Waals surface area contributed by atoms with Gasteiger partial charge in [0, 0.05) is 13.1 Å². The summed E-state index contributed by atoms with van der Waals surface area (Å²) < 4.78 is 18.9. The summed E-state index contributed by atoms with van der Waals surface area (Å²) in [6.07, 6.45) is 2.15. The van der Waals surface area contributed by atoms with Crippen molar-refractivity contribution >= 4 is 23.5 Å². The number of benzene rings is 1. The molecule has 0 radical (unpaired) electrons. The number of aromatic nitrogens is 3. The molecular formula is C16H17ClFN5O2. The van der Waals surface area contributed by atoms with Gasteiger partial charge in [-0.1, -0.05) is 17.7 Å². The highest BCUT2D eigenvalue weighted by Crippen LogP contribution is 2.20. The van der Waals surface area contributed by atoms with E-state index >= 15 is 0 Å². The van der Waals surface area contributed by atoms with Crippen LogP contribution in [0.5, 0.6) is 6.01 Å². The Hall–Kier alpha value is -2.48. The third kappa shape index (κ3) is 3.96. The Morgan fingerprint density at radius 2 is 2.08 bits per heavy atom. The molecule has 0 aliphatic carbocycles. The molecule has 7 nitrogen and oxygen atoms in total. The van der Waals surface area contributed by atoms with Gasteiger partial charge < -0.3 is 15.0 Å². The predicted molar refractivity (Wildman–Crippen MR) is 90.4 cm³/mol. The molecule has 1 aliphatic rings. The third-order valence-corrected chi connectivity index (χ3v) is 4.13. The number of carbonyl (C=O) groups excluding carboxylic acids is 1. The van der Waals surface area contributed by atoms with Gasteiger partial charge in [0.2, 0.25) is 5.95 Å². The first-order valence-electron chi connectivity index (χ1n) is 7.84. The predicted octanol–water partition coefficient (Wildman–Crippen LogP) is 2.20. The molecule has 2 heterocycles. The first kappa shape index (κ1) is 17.3. The minimum atomic E-state index is -0.684. The van der Waals surface area contributed by atoms with E-state index in [9.17, 15) is 9.18 Å². The monoisotopic (exact) mass is 365 g/mol. The van der Waals surface area contributed by atoms with Gasteiger partial charge in [0.05, 0.1) is 24.2 Å². The minimum Gasteiger partial charge on any atom is -0.467 e. The molecule has 132 valence electrons. The van der Waals surface area contributed by atoms with Gasteiger partial charge in [0.1, 0.15) is 5.82 Å². The molecule has 1 amide bonds. The lowest BCUT2D eigenvalue weighted by atomic mass is 10.2. The summed E-state index contributed by atoms with van der Waals surface area (Å²) in [5, 5.41) is 2.62. The van der Waals surface area contributed by atoms with E-state index in [0.717, 1.165) is 25.9 Å². The summed E-state index contributed by atoms with van der Waals surface area (Å²) in [4.78, 5) is 27.0. The Morgan fingerprint density at radius 3 is 2.76 bits per heavy atom. The molecule has 0 spiro atoms. The van der Waals surface area contributed by atoms with Crippen LogP contribution < -0.4 is 15.0 Å². The molecule has 1 fully saturated rings. The molecule has 1 aromatic carbocycles. The van der Waals surface area contributed by atoms with E-state index in [-0.39, 0.29) is 23.1 Å². The van der Waals surface area contributed by atoms with Crippen LogP contribution in [0, 0.1) is 5.82 Å². The quantitative estimate of drug-likeness (QED) is 0.875. The number of hydrogen-bond acceptors (Lipinski definition) is 6. The number of ether oxygens (including phenoxy) is 1. The van der Waals surface area contributed by atoms with E-state index in [1.54, 1.807) is 0 Å². The average Bonchev–Trinajstić information content (AvgIpc) is 3.14. The number of methoxy groups -OCH3 is 1. The minimum absolute atomic E-state index is 0.00319. The van der Waals surface area contributed by atoms with Crippen LogP contribution in [-0.4, -0.2) is 41.1 Å². The van der Waals surface area contributed by atoms with Gasteiger partial charge >= 0.3 is 6.01 Å². The number of carbonyl (C=O) groups is 1. The first-order chi connectivity index (χ1) is 12.1. The van der Waals surface area contributed by atoms with Crippen LogP contribution in [0.25, 0.3) is 0 Å². The maximum Gasteiger partial charge on any atom is 0.321 e. The van der Waals surface area contributed by atoms with E-state index in [0.29, 0.717) is 11.8 Å². The van der Waals surface area contributed by atoms with Gasteiger partial charge in [-0.2, -0.15) is 15.0 Å². The third-order valence-electron chi connectivity index (χ3n) is 3.82. The molecule has 1 aromatic heterocycles. The van der Waals surface area contributed by atoms with Crippen molar-refractivity contribution in [1.29, 1.82) is 0 Å². The molecule has 0 bridgehead atoms. The van der Waals surface area contributed by atoms with Crippen molar-refractivity contribution < 1.29 is 13.9 Å². The van der Waals surface area contributed by atoms with E-state index in [1.807, 2.05) is 4.90 Å². The van der Waals surface area contributed by atoms with Crippen LogP contribution in [0.2, 0.25) is 5.02 Å². The summed E-state index contributed by atoms with van der Waals surface area (Å²) >= 11 is 5.90. The van der Waals surface area contributed by atoms with Crippen LogP contribution in [0.4, 0.5) is 10.3 Å². The molecule has 9 heteroatoms. The average molecular weight is 366 g/mol. The van der Waals surface area contributed by atoms with Crippen LogP contribution >= 0.6 is 11.6 Å². The van der Waals surface area contributed by atoms with Crippen LogP contribution in [-0.2, 0) is 6.54 Å². The Morgan fingerprint density at radius 1 is 1.32 bits per heavy atom. The fraction of sp³-hybridized carbons (Fsp3) is 0.375. The molecule has 1 saturated heterocycles. The molecule has 0 unspecified atom stereocenters. The van der Waals surface area contributed by atoms with E-state index in [2.05, 4.69) is 20.3 Å². The van der Waals surface area contributed by atoms with E-state index in [1.165, 1.54) is 25.3 Å². The molecule has 2 aromatic rings. The first-order valence-corrected chi connectivity index (χ1v) is 8.22. The molecule has 1 aliphatic heterocycles. The van der Waals surface area contributed by atoms with Gasteiger partial charge in [0.25, 0.3) is 5.91 Å². The highest BCUT2D eigenvalue weighted by atomic mass is 35.5. The number of hydrogen-bond donors (Lipinski definition) is 1. The number of halogens is 2. The maximum atomic E-state index is 13.8. The second-order valence-corrected chi connectivity index (χ2v) is 5.92. The number of amides is 1. The fourth-order valence-electron chi connectivity index (χ4n) is 2.58. The smallest absolute Gasteiger partial charge is 0.321 e. The Balaban J connectivity index is 1.76. The van der Waals surface area contributed by atoms with Crippen molar-refractivity contribution in [2.75, 3.05) is 25.1 Å². The Kier molecular flexibility index (Phi) is 5.28. The van der Waals surface area contributed by atoms with Gasteiger partial charge in [-0.25, -0.2) is 4.39 Å². The summed E-state index contributed by atoms with van der Waals surface area (Å²) in [5.74, 6) is -0.478. The Bertz CT molecular complexity index is 763. The van der Waals surface area contributed by atoms with Crippen molar-refractivity contribution in [1.82, 2.24) is 20.3 Å². The van der Waals surface area contributed by atoms with Gasteiger partial charge in [-0.05, 0) is 25.0 Å². The molecule has 1 N–H and O–H groups in total. The molecular weight excluding hydrogens is 349 g/mol. The zero-order valence-electron chi connectivity index (χ0n) is 13.6. The standard InChI is InChI=1S/C16H17ClFN5O2/c1-25-16-21-12(20-15(22-16)23-7-2-3-8-23)9-19-14(24)13-10(17)5-4-6-11(13)18/h4-6H,2-3,7-9H2,1H3,(H,19,24). The van der Waals surface area contributed by atoms with Crippen molar-refractivity contribution in [3.8, 4) is 6.01 Å². The second-order valence-electron chi connectivity index (χ2n) is 5.51. The Labute approximate surface area is 149 Å². The van der Waals surface area contributed by atoms with Crippen LogP contribution in [0.1, 0.15) is 29.0 Å². The van der Waals surface area contributed by atoms with Crippen molar-refractivity contribution in [2.24, 2.45) is 0 Å². The number of anilines is 1. The highest BCUT2D eigenvalue weighted by molar-refractivity contribution is 6.33. The number of rotatable bonds is 5. The molecule has 0 saturated carbocycles. The van der Waals surface area contributed by atoms with Crippen molar-refractivity contribution in [2.45, 2.75) is 19.4 Å². The molecule has 25 heavy (non-hydrogen) atoms. The summed E-state index contributed by atoms with van der Waals surface area (Å²) in [6.45, 7) is 1.73.